The van der Waals surface area contributed by atoms with E-state index in [1.807, 2.05) is 48.7 Å². The highest BCUT2D eigenvalue weighted by Gasteiger charge is 2.48. The molecule has 0 amide bonds. The summed E-state index contributed by atoms with van der Waals surface area (Å²) in [6.45, 7) is 8.25. The molecule has 2 aliphatic heterocycles. The van der Waals surface area contributed by atoms with Gasteiger partial charge in [0.2, 0.25) is 0 Å². The van der Waals surface area contributed by atoms with Crippen LogP contribution in [-0.4, -0.2) is 54.9 Å². The Morgan fingerprint density at radius 2 is 1.92 bits per heavy atom. The summed E-state index contributed by atoms with van der Waals surface area (Å²) in [5.74, 6) is 1.61. The van der Waals surface area contributed by atoms with Crippen LogP contribution in [0.3, 0.4) is 0 Å². The van der Waals surface area contributed by atoms with Crippen LogP contribution >= 0.6 is 11.6 Å². The van der Waals surface area contributed by atoms with Crippen molar-refractivity contribution < 1.29 is 19.3 Å². The second-order valence-corrected chi connectivity index (χ2v) is 11.4. The van der Waals surface area contributed by atoms with Crippen LogP contribution < -0.4 is 9.47 Å². The Morgan fingerprint density at radius 3 is 2.69 bits per heavy atom. The van der Waals surface area contributed by atoms with Crippen molar-refractivity contribution in [3.8, 4) is 11.5 Å². The number of methoxy groups -OCH3 is 1. The van der Waals surface area contributed by atoms with E-state index in [9.17, 15) is 5.11 Å². The Morgan fingerprint density at radius 1 is 1.10 bits per heavy atom. The van der Waals surface area contributed by atoms with Crippen molar-refractivity contribution in [3.05, 3.63) is 94.3 Å². The second-order valence-electron chi connectivity index (χ2n) is 11.0. The van der Waals surface area contributed by atoms with Gasteiger partial charge in [0, 0.05) is 54.5 Å². The van der Waals surface area contributed by atoms with Crippen LogP contribution in [0.2, 0.25) is 5.02 Å². The van der Waals surface area contributed by atoms with E-state index in [1.165, 1.54) is 0 Å². The summed E-state index contributed by atoms with van der Waals surface area (Å²) in [5.41, 5.74) is 3.84. The van der Waals surface area contributed by atoms with Gasteiger partial charge < -0.3 is 24.2 Å². The number of hydrogen-bond acceptors (Lipinski definition) is 6. The third-order valence-electron chi connectivity index (χ3n) is 7.99. The molecule has 0 aliphatic carbocycles. The maximum Gasteiger partial charge on any atom is 0.131 e. The summed E-state index contributed by atoms with van der Waals surface area (Å²) in [7, 11) is 1.67. The molecule has 206 valence electrons. The lowest BCUT2D eigenvalue weighted by Gasteiger charge is -2.50. The molecule has 0 saturated carbocycles. The summed E-state index contributed by atoms with van der Waals surface area (Å²) in [5, 5.41) is 12.4. The Kier molecular flexibility index (Phi) is 8.29. The minimum absolute atomic E-state index is 0.320. The average molecular weight is 549 g/mol. The number of halogens is 1. The molecule has 1 fully saturated rings. The monoisotopic (exact) mass is 548 g/mol. The van der Waals surface area contributed by atoms with Crippen LogP contribution in [0.1, 0.15) is 49.1 Å². The van der Waals surface area contributed by atoms with Gasteiger partial charge in [-0.3, -0.25) is 4.98 Å². The molecule has 39 heavy (non-hydrogen) atoms. The number of nitrogens with zero attached hydrogens (tertiary/aromatic N) is 2. The molecule has 1 N–H and O–H groups in total. The summed E-state index contributed by atoms with van der Waals surface area (Å²) < 4.78 is 17.2. The van der Waals surface area contributed by atoms with Crippen molar-refractivity contribution in [2.45, 2.75) is 38.9 Å². The van der Waals surface area contributed by atoms with E-state index < -0.39 is 5.60 Å². The second kappa shape index (κ2) is 11.7. The number of aliphatic hydroxyl groups is 1. The third-order valence-corrected chi connectivity index (χ3v) is 8.24. The van der Waals surface area contributed by atoms with Crippen LogP contribution in [-0.2, 0) is 16.9 Å². The van der Waals surface area contributed by atoms with E-state index in [0.29, 0.717) is 31.3 Å². The highest BCUT2D eigenvalue weighted by molar-refractivity contribution is 6.30. The van der Waals surface area contributed by atoms with Crippen molar-refractivity contribution >= 4 is 17.2 Å². The molecule has 5 rings (SSSR count). The highest BCUT2D eigenvalue weighted by Crippen LogP contribution is 2.46. The number of ether oxygens (including phenoxy) is 3. The largest absolute Gasteiger partial charge is 0.491 e. The van der Waals surface area contributed by atoms with E-state index in [-0.39, 0.29) is 5.41 Å². The fourth-order valence-electron chi connectivity index (χ4n) is 5.76. The van der Waals surface area contributed by atoms with Gasteiger partial charge in [0.25, 0.3) is 0 Å². The average Bonchev–Trinajstić information content (AvgIpc) is 3.08. The zero-order valence-electron chi connectivity index (χ0n) is 23.0. The van der Waals surface area contributed by atoms with Crippen LogP contribution in [0.5, 0.6) is 11.5 Å². The number of fused-ring (bicyclic) bond motifs is 2. The highest BCUT2D eigenvalue weighted by atomic mass is 35.5. The molecule has 3 heterocycles. The number of benzene rings is 2. The summed E-state index contributed by atoms with van der Waals surface area (Å²) in [6, 6.07) is 17.7. The van der Waals surface area contributed by atoms with Gasteiger partial charge in [0.05, 0.1) is 17.9 Å². The van der Waals surface area contributed by atoms with Gasteiger partial charge in [-0.2, -0.15) is 0 Å². The van der Waals surface area contributed by atoms with Gasteiger partial charge in [-0.05, 0) is 60.4 Å². The van der Waals surface area contributed by atoms with Crippen molar-refractivity contribution in [2.75, 3.05) is 40.0 Å². The van der Waals surface area contributed by atoms with Crippen molar-refractivity contribution in [1.29, 1.82) is 0 Å². The molecule has 0 spiro atoms. The van der Waals surface area contributed by atoms with Gasteiger partial charge in [0.1, 0.15) is 24.7 Å². The van der Waals surface area contributed by atoms with Gasteiger partial charge in [-0.1, -0.05) is 49.7 Å². The number of rotatable bonds is 8. The fourth-order valence-corrected chi connectivity index (χ4v) is 5.88. The smallest absolute Gasteiger partial charge is 0.131 e. The minimum Gasteiger partial charge on any atom is -0.491 e. The molecule has 7 heteroatoms. The van der Waals surface area contributed by atoms with E-state index in [0.717, 1.165) is 65.5 Å². The van der Waals surface area contributed by atoms with Gasteiger partial charge >= 0.3 is 0 Å². The molecule has 0 bridgehead atoms. The standard InChI is InChI=1S/C32H37ClN2O4/c1-31(2)22-35(17-14-32(31,36)23-8-10-24(33)11-9-23)16-5-7-26-27-6-4-15-34-29(27)21-39-30-13-12-25(20-28(26)30)38-19-18-37-3/h4,6-13,15,20,36H,5,14,16-19,21-22H2,1-3H3. The number of aromatic nitrogens is 1. The molecule has 2 aliphatic rings. The van der Waals surface area contributed by atoms with E-state index in [1.54, 1.807) is 7.11 Å². The fraction of sp³-hybridized carbons (Fsp3) is 0.406. The molecular weight excluding hydrogens is 512 g/mol. The zero-order chi connectivity index (χ0) is 27.5. The molecule has 1 saturated heterocycles. The van der Waals surface area contributed by atoms with E-state index >= 15 is 0 Å². The maximum absolute atomic E-state index is 11.7. The topological polar surface area (TPSA) is 64.1 Å². The summed E-state index contributed by atoms with van der Waals surface area (Å²) >= 11 is 6.10. The molecule has 0 radical (unpaired) electrons. The molecule has 1 atom stereocenters. The first-order valence-corrected chi connectivity index (χ1v) is 13.9. The molecule has 1 aromatic heterocycles. The van der Waals surface area contributed by atoms with Crippen LogP contribution in [0.4, 0.5) is 0 Å². The SMILES string of the molecule is COCCOc1ccc2c(c1)C(=CCCN1CCC(O)(c3ccc(Cl)cc3)C(C)(C)C1)c1cccnc1CO2. The number of likely N-dealkylation sites (tertiary alicyclic amines) is 1. The lowest BCUT2D eigenvalue weighted by Crippen LogP contribution is -2.55. The third kappa shape index (κ3) is 5.85. The maximum atomic E-state index is 11.7. The van der Waals surface area contributed by atoms with Crippen LogP contribution in [0.25, 0.3) is 5.57 Å². The first-order chi connectivity index (χ1) is 18.8. The molecule has 6 nitrogen and oxygen atoms in total. The number of hydrogen-bond donors (Lipinski definition) is 1. The zero-order valence-corrected chi connectivity index (χ0v) is 23.7. The Balaban J connectivity index is 1.35. The minimum atomic E-state index is -0.895. The first-order valence-electron chi connectivity index (χ1n) is 13.5. The van der Waals surface area contributed by atoms with Crippen molar-refractivity contribution in [3.63, 3.8) is 0 Å². The normalized spacial score (nSPS) is 21.5. The van der Waals surface area contributed by atoms with Crippen molar-refractivity contribution in [2.24, 2.45) is 5.41 Å². The van der Waals surface area contributed by atoms with E-state index in [4.69, 9.17) is 25.8 Å². The summed E-state index contributed by atoms with van der Waals surface area (Å²) in [6.07, 6.45) is 5.63. The van der Waals surface area contributed by atoms with Gasteiger partial charge in [0.15, 0.2) is 0 Å². The molecule has 2 aromatic carbocycles. The van der Waals surface area contributed by atoms with Crippen LogP contribution in [0, 0.1) is 5.41 Å². The number of piperidine rings is 1. The Labute approximate surface area is 236 Å². The Hall–Kier alpha value is -2.90. The van der Waals surface area contributed by atoms with E-state index in [2.05, 4.69) is 41.9 Å². The predicted octanol–water partition coefficient (Wildman–Crippen LogP) is 6.09. The molecule has 3 aromatic rings. The Bertz CT molecular complexity index is 1320. The molecule has 1 unspecified atom stereocenters. The van der Waals surface area contributed by atoms with Crippen molar-refractivity contribution in [1.82, 2.24) is 9.88 Å². The first kappa shape index (κ1) is 27.7. The quantitative estimate of drug-likeness (QED) is 0.343. The molecular formula is C32H37ClN2O4. The lowest BCUT2D eigenvalue weighted by molar-refractivity contribution is -0.125. The lowest BCUT2D eigenvalue weighted by atomic mass is 9.66. The van der Waals surface area contributed by atoms with Gasteiger partial charge in [-0.25, -0.2) is 0 Å². The summed E-state index contributed by atoms with van der Waals surface area (Å²) in [4.78, 5) is 7.05. The number of pyridine rings is 1. The predicted molar refractivity (Wildman–Crippen MR) is 154 cm³/mol. The van der Waals surface area contributed by atoms with Gasteiger partial charge in [-0.15, -0.1) is 0 Å². The van der Waals surface area contributed by atoms with Crippen LogP contribution in [0.15, 0.2) is 66.9 Å².